The topological polar surface area (TPSA) is 41.6 Å². The second-order valence-corrected chi connectivity index (χ2v) is 5.42. The van der Waals surface area contributed by atoms with E-state index in [1.165, 1.54) is 0 Å². The first-order chi connectivity index (χ1) is 7.95. The van der Waals surface area contributed by atoms with Crippen molar-refractivity contribution in [2.75, 3.05) is 39.9 Å². The minimum Gasteiger partial charge on any atom is -0.378 e. The van der Waals surface area contributed by atoms with Gasteiger partial charge >= 0.3 is 0 Å². The first kappa shape index (κ1) is 16.7. The zero-order valence-corrected chi connectivity index (χ0v) is 12.3. The standard InChI is InChI=1S/C12H26N2O2S/c1-10(2)9-13-5-7-16-8-6-14(4)12(15)11(3)17/h10-11,13,17H,5-9H2,1-4H3. The van der Waals surface area contributed by atoms with E-state index in [0.717, 1.165) is 13.1 Å². The van der Waals surface area contributed by atoms with Crippen molar-refractivity contribution in [3.05, 3.63) is 0 Å². The fourth-order valence-electron chi connectivity index (χ4n) is 1.27. The molecule has 5 heteroatoms. The smallest absolute Gasteiger partial charge is 0.234 e. The summed E-state index contributed by atoms with van der Waals surface area (Å²) in [6, 6.07) is 0. The van der Waals surface area contributed by atoms with Gasteiger partial charge < -0.3 is 15.0 Å². The van der Waals surface area contributed by atoms with Gasteiger partial charge in [-0.25, -0.2) is 0 Å². The van der Waals surface area contributed by atoms with Crippen LogP contribution in [0, 0.1) is 5.92 Å². The van der Waals surface area contributed by atoms with Crippen LogP contribution in [0.2, 0.25) is 0 Å². The molecule has 0 saturated carbocycles. The summed E-state index contributed by atoms with van der Waals surface area (Å²) < 4.78 is 5.43. The number of thiol groups is 1. The predicted molar refractivity (Wildman–Crippen MR) is 74.6 cm³/mol. The minimum absolute atomic E-state index is 0.0369. The van der Waals surface area contributed by atoms with Crippen LogP contribution in [0.1, 0.15) is 20.8 Å². The third kappa shape index (κ3) is 9.44. The summed E-state index contributed by atoms with van der Waals surface area (Å²) in [5, 5.41) is 3.05. The molecule has 1 N–H and O–H groups in total. The molecule has 0 aromatic carbocycles. The summed E-state index contributed by atoms with van der Waals surface area (Å²) in [5.74, 6) is 0.700. The molecule has 0 spiro atoms. The largest absolute Gasteiger partial charge is 0.378 e. The van der Waals surface area contributed by atoms with Gasteiger partial charge in [0.05, 0.1) is 18.5 Å². The first-order valence-corrected chi connectivity index (χ1v) is 6.68. The lowest BCUT2D eigenvalue weighted by atomic mass is 10.2. The quantitative estimate of drug-likeness (QED) is 0.482. The second-order valence-electron chi connectivity index (χ2n) is 4.65. The van der Waals surface area contributed by atoms with Crippen LogP contribution < -0.4 is 5.32 Å². The van der Waals surface area contributed by atoms with Crippen molar-refractivity contribution in [1.29, 1.82) is 0 Å². The Kier molecular flexibility index (Phi) is 9.59. The fourth-order valence-corrected chi connectivity index (χ4v) is 1.46. The molecule has 1 atom stereocenters. The normalized spacial score (nSPS) is 12.8. The third-order valence-corrected chi connectivity index (χ3v) is 2.50. The van der Waals surface area contributed by atoms with Crippen LogP contribution in [-0.4, -0.2) is 56.0 Å². The van der Waals surface area contributed by atoms with Gasteiger partial charge in [-0.3, -0.25) is 4.79 Å². The van der Waals surface area contributed by atoms with E-state index in [-0.39, 0.29) is 11.2 Å². The average molecular weight is 262 g/mol. The Morgan fingerprint density at radius 1 is 1.35 bits per heavy atom. The molecule has 0 heterocycles. The molecular weight excluding hydrogens is 236 g/mol. The molecule has 0 fully saturated rings. The lowest BCUT2D eigenvalue weighted by Gasteiger charge is -2.18. The number of hydrogen-bond acceptors (Lipinski definition) is 4. The van der Waals surface area contributed by atoms with Crippen molar-refractivity contribution in [2.24, 2.45) is 5.92 Å². The molecule has 1 amide bonds. The molecular formula is C12H26N2O2S. The van der Waals surface area contributed by atoms with E-state index in [2.05, 4.69) is 31.8 Å². The van der Waals surface area contributed by atoms with E-state index in [4.69, 9.17) is 4.74 Å². The summed E-state index contributed by atoms with van der Waals surface area (Å²) >= 11 is 4.10. The molecule has 0 aromatic rings. The highest BCUT2D eigenvalue weighted by Crippen LogP contribution is 1.98. The molecule has 0 aliphatic heterocycles. The van der Waals surface area contributed by atoms with Crippen molar-refractivity contribution in [3.8, 4) is 0 Å². The van der Waals surface area contributed by atoms with E-state index in [1.807, 2.05) is 0 Å². The van der Waals surface area contributed by atoms with Gasteiger partial charge in [0, 0.05) is 20.1 Å². The maximum Gasteiger partial charge on any atom is 0.234 e. The Morgan fingerprint density at radius 3 is 2.53 bits per heavy atom. The number of hydrogen-bond donors (Lipinski definition) is 2. The summed E-state index contributed by atoms with van der Waals surface area (Å²) in [6.07, 6.45) is 0. The van der Waals surface area contributed by atoms with Crippen LogP contribution >= 0.6 is 12.6 Å². The number of rotatable bonds is 9. The van der Waals surface area contributed by atoms with Gasteiger partial charge in [0.1, 0.15) is 0 Å². The lowest BCUT2D eigenvalue weighted by Crippen LogP contribution is -2.35. The molecule has 4 nitrogen and oxygen atoms in total. The highest BCUT2D eigenvalue weighted by atomic mass is 32.1. The average Bonchev–Trinajstić information content (AvgIpc) is 2.25. The van der Waals surface area contributed by atoms with E-state index < -0.39 is 0 Å². The fraction of sp³-hybridized carbons (Fsp3) is 0.917. The summed E-state index contributed by atoms with van der Waals surface area (Å²) in [4.78, 5) is 13.1. The predicted octanol–water partition coefficient (Wildman–Crippen LogP) is 1.03. The van der Waals surface area contributed by atoms with Gasteiger partial charge in [0.25, 0.3) is 0 Å². The van der Waals surface area contributed by atoms with Gasteiger partial charge in [-0.1, -0.05) is 13.8 Å². The number of likely N-dealkylation sites (N-methyl/N-ethyl adjacent to an activating group) is 1. The Morgan fingerprint density at radius 2 is 2.00 bits per heavy atom. The zero-order chi connectivity index (χ0) is 13.3. The number of nitrogens with one attached hydrogen (secondary N) is 1. The zero-order valence-electron chi connectivity index (χ0n) is 11.4. The monoisotopic (exact) mass is 262 g/mol. The number of nitrogens with zero attached hydrogens (tertiary/aromatic N) is 1. The number of ether oxygens (including phenoxy) is 1. The van der Waals surface area contributed by atoms with Crippen LogP contribution in [0.3, 0.4) is 0 Å². The van der Waals surface area contributed by atoms with Crippen LogP contribution in [0.25, 0.3) is 0 Å². The maximum atomic E-state index is 11.5. The molecule has 102 valence electrons. The Balaban J connectivity index is 3.36. The van der Waals surface area contributed by atoms with Gasteiger partial charge in [0.15, 0.2) is 0 Å². The van der Waals surface area contributed by atoms with Crippen molar-refractivity contribution >= 4 is 18.5 Å². The highest BCUT2D eigenvalue weighted by molar-refractivity contribution is 7.81. The Labute approximate surface area is 110 Å². The Hall–Kier alpha value is -0.260. The molecule has 0 aliphatic carbocycles. The molecule has 0 aliphatic rings. The van der Waals surface area contributed by atoms with Gasteiger partial charge in [-0.2, -0.15) is 12.6 Å². The molecule has 0 saturated heterocycles. The number of amides is 1. The van der Waals surface area contributed by atoms with Gasteiger partial charge in [-0.05, 0) is 19.4 Å². The molecule has 0 bridgehead atoms. The van der Waals surface area contributed by atoms with Gasteiger partial charge in [-0.15, -0.1) is 0 Å². The third-order valence-electron chi connectivity index (χ3n) is 2.28. The van der Waals surface area contributed by atoms with Crippen molar-refractivity contribution in [1.82, 2.24) is 10.2 Å². The molecule has 0 aromatic heterocycles. The van der Waals surface area contributed by atoms with Crippen LogP contribution in [0.5, 0.6) is 0 Å². The van der Waals surface area contributed by atoms with E-state index in [0.29, 0.717) is 25.7 Å². The van der Waals surface area contributed by atoms with Crippen LogP contribution in [0.15, 0.2) is 0 Å². The van der Waals surface area contributed by atoms with Crippen LogP contribution in [0.4, 0.5) is 0 Å². The van der Waals surface area contributed by atoms with Crippen molar-refractivity contribution in [2.45, 2.75) is 26.0 Å². The summed E-state index contributed by atoms with van der Waals surface area (Å²) in [5.41, 5.74) is 0. The second kappa shape index (κ2) is 9.74. The molecule has 0 rings (SSSR count). The maximum absolute atomic E-state index is 11.5. The first-order valence-electron chi connectivity index (χ1n) is 6.16. The summed E-state index contributed by atoms with van der Waals surface area (Å²) in [6.45, 7) is 9.88. The summed E-state index contributed by atoms with van der Waals surface area (Å²) in [7, 11) is 1.77. The minimum atomic E-state index is -0.243. The van der Waals surface area contributed by atoms with Gasteiger partial charge in [0.2, 0.25) is 5.91 Å². The number of carbonyl (C=O) groups is 1. The highest BCUT2D eigenvalue weighted by Gasteiger charge is 2.12. The lowest BCUT2D eigenvalue weighted by molar-refractivity contribution is -0.129. The van der Waals surface area contributed by atoms with Crippen molar-refractivity contribution < 1.29 is 9.53 Å². The Bertz CT molecular complexity index is 211. The van der Waals surface area contributed by atoms with E-state index in [9.17, 15) is 4.79 Å². The molecule has 17 heavy (non-hydrogen) atoms. The van der Waals surface area contributed by atoms with E-state index in [1.54, 1.807) is 18.9 Å². The SMILES string of the molecule is CC(C)CNCCOCCN(C)C(=O)C(C)S. The molecule has 0 radical (unpaired) electrons. The van der Waals surface area contributed by atoms with Crippen LogP contribution in [-0.2, 0) is 9.53 Å². The van der Waals surface area contributed by atoms with E-state index >= 15 is 0 Å². The van der Waals surface area contributed by atoms with Crippen molar-refractivity contribution in [3.63, 3.8) is 0 Å². The number of carbonyl (C=O) groups excluding carboxylic acids is 1. The molecule has 1 unspecified atom stereocenters.